The molecule has 1 heterocycles. The van der Waals surface area contributed by atoms with Crippen molar-refractivity contribution in [1.29, 1.82) is 0 Å². The van der Waals surface area contributed by atoms with Crippen molar-refractivity contribution in [1.82, 2.24) is 9.78 Å². The number of aromatic nitrogens is 2. The minimum atomic E-state index is -3.79. The lowest BCUT2D eigenvalue weighted by Gasteiger charge is -2.15. The Bertz CT molecular complexity index is 1320. The van der Waals surface area contributed by atoms with Gasteiger partial charge in [0.05, 0.1) is 5.69 Å². The van der Waals surface area contributed by atoms with Gasteiger partial charge < -0.3 is 4.74 Å². The quantitative estimate of drug-likeness (QED) is 0.592. The van der Waals surface area contributed by atoms with Crippen LogP contribution >= 0.6 is 0 Å². The van der Waals surface area contributed by atoms with Gasteiger partial charge in [-0.1, -0.05) is 13.5 Å². The third-order valence-electron chi connectivity index (χ3n) is 4.37. The molecule has 7 nitrogen and oxygen atoms in total. The maximum Gasteiger partial charge on any atom is 0.269 e. The molecule has 0 aliphatic heterocycles. The largest absolute Gasteiger partial charge is 0.454 e. The number of nitrogens with one attached hydrogen (secondary N) is 1. The van der Waals surface area contributed by atoms with E-state index in [0.29, 0.717) is 29.3 Å². The zero-order chi connectivity index (χ0) is 22.8. The van der Waals surface area contributed by atoms with Gasteiger partial charge in [0.15, 0.2) is 11.6 Å². The molecule has 3 rings (SSSR count). The molecule has 0 saturated carbocycles. The van der Waals surface area contributed by atoms with Gasteiger partial charge in [-0.2, -0.15) is 5.10 Å². The molecule has 10 heteroatoms. The Balaban J connectivity index is 2.18. The fraction of sp³-hybridized carbons (Fsp3) is 0.143. The summed E-state index contributed by atoms with van der Waals surface area (Å²) in [6.45, 7) is 5.05. The predicted molar refractivity (Wildman–Crippen MR) is 113 cm³/mol. The molecular weight excluding hydrogens is 428 g/mol. The van der Waals surface area contributed by atoms with Gasteiger partial charge in [-0.3, -0.25) is 9.52 Å². The Morgan fingerprint density at radius 3 is 2.52 bits per heavy atom. The van der Waals surface area contributed by atoms with Crippen molar-refractivity contribution in [3.63, 3.8) is 0 Å². The van der Waals surface area contributed by atoms with E-state index in [1.54, 1.807) is 13.0 Å². The molecule has 1 aromatic heterocycles. The highest BCUT2D eigenvalue weighted by Gasteiger charge is 2.16. The van der Waals surface area contributed by atoms with E-state index in [9.17, 15) is 22.0 Å². The van der Waals surface area contributed by atoms with Crippen molar-refractivity contribution in [3.8, 4) is 22.8 Å². The topological polar surface area (TPSA) is 90.3 Å². The van der Waals surface area contributed by atoms with Gasteiger partial charge in [0.2, 0.25) is 0 Å². The van der Waals surface area contributed by atoms with E-state index in [2.05, 4.69) is 16.4 Å². The minimum absolute atomic E-state index is 0.125. The molecule has 0 spiro atoms. The van der Waals surface area contributed by atoms with Gasteiger partial charge in [0.1, 0.15) is 11.6 Å². The zero-order valence-electron chi connectivity index (χ0n) is 16.7. The predicted octanol–water partition coefficient (Wildman–Crippen LogP) is 3.97. The van der Waals surface area contributed by atoms with E-state index in [0.717, 1.165) is 22.2 Å². The van der Waals surface area contributed by atoms with Gasteiger partial charge in [-0.15, -0.1) is 0 Å². The van der Waals surface area contributed by atoms with Gasteiger partial charge in [0, 0.05) is 35.3 Å². The molecular formula is C21H19F2N3O4S. The number of ether oxygens (including phenoxy) is 1. The van der Waals surface area contributed by atoms with Crippen molar-refractivity contribution in [2.24, 2.45) is 7.05 Å². The molecule has 31 heavy (non-hydrogen) atoms. The van der Waals surface area contributed by atoms with Crippen LogP contribution in [0.2, 0.25) is 0 Å². The molecule has 0 bridgehead atoms. The van der Waals surface area contributed by atoms with Crippen LogP contribution in [0.3, 0.4) is 0 Å². The Morgan fingerprint density at radius 2 is 1.87 bits per heavy atom. The summed E-state index contributed by atoms with van der Waals surface area (Å²) >= 11 is 0. The second-order valence-corrected chi connectivity index (χ2v) is 8.17. The lowest BCUT2D eigenvalue weighted by Crippen LogP contribution is -2.23. The van der Waals surface area contributed by atoms with Gasteiger partial charge >= 0.3 is 0 Å². The summed E-state index contributed by atoms with van der Waals surface area (Å²) in [5.74, 6) is -1.78. The van der Waals surface area contributed by atoms with E-state index in [-0.39, 0.29) is 22.7 Å². The van der Waals surface area contributed by atoms with Gasteiger partial charge in [-0.25, -0.2) is 21.9 Å². The van der Waals surface area contributed by atoms with Crippen molar-refractivity contribution in [2.75, 3.05) is 4.72 Å². The van der Waals surface area contributed by atoms with Gasteiger partial charge in [0.25, 0.3) is 15.6 Å². The van der Waals surface area contributed by atoms with Crippen molar-refractivity contribution in [3.05, 3.63) is 82.0 Å². The molecule has 3 aromatic rings. The highest BCUT2D eigenvalue weighted by molar-refractivity contribution is 7.95. The van der Waals surface area contributed by atoms with E-state index >= 15 is 0 Å². The number of hydrogen-bond donors (Lipinski definition) is 1. The fourth-order valence-electron chi connectivity index (χ4n) is 2.82. The molecule has 0 amide bonds. The molecule has 0 aliphatic rings. The first kappa shape index (κ1) is 22.2. The molecule has 0 fully saturated rings. The van der Waals surface area contributed by atoms with E-state index in [1.807, 2.05) is 0 Å². The average molecular weight is 447 g/mol. The summed E-state index contributed by atoms with van der Waals surface area (Å²) in [7, 11) is -2.31. The van der Waals surface area contributed by atoms with E-state index in [4.69, 9.17) is 4.74 Å². The summed E-state index contributed by atoms with van der Waals surface area (Å²) in [5, 5.41) is 4.98. The van der Waals surface area contributed by atoms with E-state index < -0.39 is 21.7 Å². The molecule has 0 unspecified atom stereocenters. The normalized spacial score (nSPS) is 11.2. The Labute approximate surface area is 177 Å². The van der Waals surface area contributed by atoms with Crippen molar-refractivity contribution in [2.45, 2.75) is 13.3 Å². The van der Waals surface area contributed by atoms with Crippen LogP contribution in [0.5, 0.6) is 11.5 Å². The number of benzene rings is 2. The average Bonchev–Trinajstić information content (AvgIpc) is 2.72. The highest BCUT2D eigenvalue weighted by Crippen LogP contribution is 2.36. The number of sulfonamides is 1. The second kappa shape index (κ2) is 8.68. The van der Waals surface area contributed by atoms with Crippen LogP contribution in [0.15, 0.2) is 59.2 Å². The van der Waals surface area contributed by atoms with Crippen LogP contribution in [0.25, 0.3) is 11.3 Å². The van der Waals surface area contributed by atoms with Crippen molar-refractivity contribution < 1.29 is 21.9 Å². The number of anilines is 1. The number of halogens is 2. The standard InChI is InChI=1S/C21H19F2N3O4S/c1-4-13-10-18(24-26(3)21(13)27)16-12-15(25-31(28,29)5-2)7-9-19(16)30-20-8-6-14(22)11-17(20)23/h5-12,25H,2,4H2,1,3H3. The summed E-state index contributed by atoms with van der Waals surface area (Å²) in [6, 6.07) is 8.67. The zero-order valence-corrected chi connectivity index (χ0v) is 17.5. The number of hydrogen-bond acceptors (Lipinski definition) is 5. The van der Waals surface area contributed by atoms with E-state index in [1.165, 1.54) is 25.2 Å². The molecule has 2 aromatic carbocycles. The van der Waals surface area contributed by atoms with Crippen LogP contribution < -0.4 is 15.0 Å². The van der Waals surface area contributed by atoms with Crippen LogP contribution in [0.1, 0.15) is 12.5 Å². The van der Waals surface area contributed by atoms with Crippen LogP contribution in [0.4, 0.5) is 14.5 Å². The minimum Gasteiger partial charge on any atom is -0.454 e. The molecule has 1 N–H and O–H groups in total. The summed E-state index contributed by atoms with van der Waals surface area (Å²) in [5.41, 5.74) is 0.968. The third kappa shape index (κ3) is 4.97. The maximum atomic E-state index is 14.1. The third-order valence-corrected chi connectivity index (χ3v) is 5.33. The molecule has 0 atom stereocenters. The van der Waals surface area contributed by atoms with Crippen LogP contribution in [0, 0.1) is 11.6 Å². The second-order valence-electron chi connectivity index (χ2n) is 6.54. The molecule has 0 radical (unpaired) electrons. The Kier molecular flexibility index (Phi) is 6.21. The summed E-state index contributed by atoms with van der Waals surface area (Å²) in [6.07, 6.45) is 0.438. The van der Waals surface area contributed by atoms with Gasteiger partial charge in [-0.05, 0) is 42.8 Å². The maximum absolute atomic E-state index is 14.1. The fourth-order valence-corrected chi connectivity index (χ4v) is 3.36. The smallest absolute Gasteiger partial charge is 0.269 e. The molecule has 0 saturated heterocycles. The molecule has 162 valence electrons. The monoisotopic (exact) mass is 447 g/mol. The highest BCUT2D eigenvalue weighted by atomic mass is 32.2. The lowest BCUT2D eigenvalue weighted by atomic mass is 10.1. The first-order chi connectivity index (χ1) is 14.6. The van der Waals surface area contributed by atoms with Crippen LogP contribution in [-0.2, 0) is 23.5 Å². The molecule has 0 aliphatic carbocycles. The lowest BCUT2D eigenvalue weighted by molar-refractivity contribution is 0.439. The van der Waals surface area contributed by atoms with Crippen molar-refractivity contribution >= 4 is 15.7 Å². The van der Waals surface area contributed by atoms with Crippen LogP contribution in [-0.4, -0.2) is 18.2 Å². The summed E-state index contributed by atoms with van der Waals surface area (Å²) in [4.78, 5) is 12.2. The Hall–Kier alpha value is -3.53. The SMILES string of the molecule is C=CS(=O)(=O)Nc1ccc(Oc2ccc(F)cc2F)c(-c2cc(CC)c(=O)n(C)n2)c1. The summed E-state index contributed by atoms with van der Waals surface area (Å²) < 4.78 is 60.2. The Morgan fingerprint density at radius 1 is 1.16 bits per heavy atom. The number of rotatable bonds is 7. The first-order valence-corrected chi connectivity index (χ1v) is 10.7. The first-order valence-electron chi connectivity index (χ1n) is 9.13. The number of nitrogens with zero attached hydrogens (tertiary/aromatic N) is 2. The number of aryl methyl sites for hydroxylation is 2.